The molecule has 0 aromatic carbocycles. The smallest absolute Gasteiger partial charge is 0.277 e. The first-order valence-electron chi connectivity index (χ1n) is 7.19. The van der Waals surface area contributed by atoms with Crippen LogP contribution in [0.3, 0.4) is 0 Å². The summed E-state index contributed by atoms with van der Waals surface area (Å²) in [7, 11) is 0. The highest BCUT2D eigenvalue weighted by Crippen LogP contribution is 2.41. The van der Waals surface area contributed by atoms with Crippen molar-refractivity contribution in [2.24, 2.45) is 5.41 Å². The number of hydrogen-bond acceptors (Lipinski definition) is 4. The van der Waals surface area contributed by atoms with E-state index in [-0.39, 0.29) is 12.5 Å². The molecule has 0 radical (unpaired) electrons. The number of barbiturate groups is 1. The lowest BCUT2D eigenvalue weighted by molar-refractivity contribution is -0.151. The minimum absolute atomic E-state index is 0.223. The van der Waals surface area contributed by atoms with Gasteiger partial charge in [0.15, 0.2) is 0 Å². The van der Waals surface area contributed by atoms with Crippen molar-refractivity contribution in [2.75, 3.05) is 6.54 Å². The lowest BCUT2D eigenvalue weighted by atomic mass is 9.82. The van der Waals surface area contributed by atoms with E-state index >= 15 is 0 Å². The lowest BCUT2D eigenvalue weighted by Crippen LogP contribution is -2.63. The summed E-state index contributed by atoms with van der Waals surface area (Å²) in [6, 6.07) is -0.619. The molecular weight excluding hydrogens is 272 g/mol. The van der Waals surface area contributed by atoms with Crippen molar-refractivity contribution in [3.8, 4) is 0 Å². The van der Waals surface area contributed by atoms with Gasteiger partial charge in [0.1, 0.15) is 5.41 Å². The molecule has 1 saturated carbocycles. The molecule has 2 aliphatic rings. The molecule has 7 heteroatoms. The van der Waals surface area contributed by atoms with Gasteiger partial charge in [-0.1, -0.05) is 12.8 Å². The molecule has 3 rings (SSSR count). The van der Waals surface area contributed by atoms with Crippen LogP contribution in [0.25, 0.3) is 0 Å². The molecule has 1 aromatic heterocycles. The van der Waals surface area contributed by atoms with Crippen molar-refractivity contribution in [3.63, 3.8) is 0 Å². The summed E-state index contributed by atoms with van der Waals surface area (Å²) in [6.45, 7) is 2.58. The van der Waals surface area contributed by atoms with E-state index in [1.54, 1.807) is 10.9 Å². The van der Waals surface area contributed by atoms with Crippen LogP contribution >= 0.6 is 0 Å². The van der Waals surface area contributed by atoms with Crippen LogP contribution in [0.2, 0.25) is 0 Å². The highest BCUT2D eigenvalue weighted by molar-refractivity contribution is 6.19. The van der Waals surface area contributed by atoms with E-state index in [2.05, 4.69) is 10.4 Å². The zero-order chi connectivity index (χ0) is 15.0. The minimum Gasteiger partial charge on any atom is -0.277 e. The van der Waals surface area contributed by atoms with Crippen molar-refractivity contribution < 1.29 is 14.4 Å². The number of urea groups is 1. The maximum atomic E-state index is 12.6. The first-order chi connectivity index (χ1) is 10.0. The zero-order valence-corrected chi connectivity index (χ0v) is 12.0. The SMILES string of the molecule is Cc1cnn(CCN2C(=O)NC(=O)C3(CCCC3)C2=O)c1. The number of nitrogens with one attached hydrogen (secondary N) is 1. The Hall–Kier alpha value is -2.18. The van der Waals surface area contributed by atoms with Crippen LogP contribution in [0.1, 0.15) is 31.2 Å². The van der Waals surface area contributed by atoms with Crippen molar-refractivity contribution in [1.29, 1.82) is 0 Å². The number of nitrogens with zero attached hydrogens (tertiary/aromatic N) is 3. The van der Waals surface area contributed by atoms with Crippen LogP contribution in [0, 0.1) is 12.3 Å². The van der Waals surface area contributed by atoms with E-state index in [0.29, 0.717) is 19.4 Å². The van der Waals surface area contributed by atoms with Gasteiger partial charge >= 0.3 is 6.03 Å². The van der Waals surface area contributed by atoms with Gasteiger partial charge in [0, 0.05) is 6.20 Å². The van der Waals surface area contributed by atoms with E-state index in [0.717, 1.165) is 23.3 Å². The van der Waals surface area contributed by atoms with E-state index in [1.165, 1.54) is 0 Å². The largest absolute Gasteiger partial charge is 0.330 e. The van der Waals surface area contributed by atoms with Crippen LogP contribution in [0.5, 0.6) is 0 Å². The summed E-state index contributed by atoms with van der Waals surface area (Å²) < 4.78 is 1.69. The third kappa shape index (κ3) is 2.22. The average Bonchev–Trinajstić information content (AvgIpc) is 3.07. The standard InChI is InChI=1S/C14H18N4O3/c1-10-8-15-17(9-10)6-7-18-12(20)14(4-2-3-5-14)11(19)16-13(18)21/h8-9H,2-7H2,1H3,(H,16,19,21). The fourth-order valence-corrected chi connectivity index (χ4v) is 3.15. The third-order valence-corrected chi connectivity index (χ3v) is 4.33. The van der Waals surface area contributed by atoms with Crippen LogP contribution in [-0.2, 0) is 16.1 Å². The molecule has 1 spiro atoms. The van der Waals surface area contributed by atoms with Crippen molar-refractivity contribution in [2.45, 2.75) is 39.2 Å². The highest BCUT2D eigenvalue weighted by Gasteiger charge is 2.54. The van der Waals surface area contributed by atoms with Gasteiger partial charge in [-0.2, -0.15) is 5.10 Å². The number of hydrogen-bond donors (Lipinski definition) is 1. The third-order valence-electron chi connectivity index (χ3n) is 4.33. The molecule has 4 amide bonds. The predicted molar refractivity (Wildman–Crippen MR) is 73.1 cm³/mol. The maximum absolute atomic E-state index is 12.6. The Morgan fingerprint density at radius 2 is 1.95 bits per heavy atom. The number of imide groups is 2. The molecule has 21 heavy (non-hydrogen) atoms. The van der Waals surface area contributed by atoms with Crippen LogP contribution in [0.4, 0.5) is 4.79 Å². The highest BCUT2D eigenvalue weighted by atomic mass is 16.2. The molecule has 1 aliphatic carbocycles. The Balaban J connectivity index is 1.75. The molecule has 0 bridgehead atoms. The molecule has 1 aromatic rings. The van der Waals surface area contributed by atoms with Crippen LogP contribution in [-0.4, -0.2) is 39.1 Å². The van der Waals surface area contributed by atoms with Gasteiger partial charge in [-0.3, -0.25) is 24.5 Å². The number of aryl methyl sites for hydroxylation is 1. The summed E-state index contributed by atoms with van der Waals surface area (Å²) in [4.78, 5) is 37.8. The van der Waals surface area contributed by atoms with Crippen LogP contribution < -0.4 is 5.32 Å². The normalized spacial score (nSPS) is 21.2. The molecule has 2 fully saturated rings. The number of carbonyl (C=O) groups is 3. The Kier molecular flexibility index (Phi) is 3.27. The van der Waals surface area contributed by atoms with Gasteiger partial charge in [0.2, 0.25) is 11.8 Å². The summed E-state index contributed by atoms with van der Waals surface area (Å²) in [5, 5.41) is 6.47. The number of aromatic nitrogens is 2. The zero-order valence-electron chi connectivity index (χ0n) is 12.0. The second-order valence-corrected chi connectivity index (χ2v) is 5.79. The topological polar surface area (TPSA) is 84.3 Å². The Labute approximate surface area is 122 Å². The molecule has 0 atom stereocenters. The first-order valence-corrected chi connectivity index (χ1v) is 7.19. The summed E-state index contributed by atoms with van der Waals surface area (Å²) in [5.41, 5.74) is 0.000346. The van der Waals surface area contributed by atoms with Crippen molar-refractivity contribution in [1.82, 2.24) is 20.0 Å². The van der Waals surface area contributed by atoms with Gasteiger partial charge in [-0.15, -0.1) is 0 Å². The predicted octanol–water partition coefficient (Wildman–Crippen LogP) is 0.830. The van der Waals surface area contributed by atoms with E-state index in [9.17, 15) is 14.4 Å². The van der Waals surface area contributed by atoms with Crippen molar-refractivity contribution in [3.05, 3.63) is 18.0 Å². The van der Waals surface area contributed by atoms with Crippen molar-refractivity contribution >= 4 is 17.8 Å². The second kappa shape index (κ2) is 4.98. The molecule has 2 heterocycles. The van der Waals surface area contributed by atoms with Gasteiger partial charge in [-0.05, 0) is 25.3 Å². The molecule has 0 unspecified atom stereocenters. The molecule has 112 valence electrons. The summed E-state index contributed by atoms with van der Waals surface area (Å²) in [5.74, 6) is -0.779. The lowest BCUT2D eigenvalue weighted by Gasteiger charge is -2.36. The maximum Gasteiger partial charge on any atom is 0.330 e. The van der Waals surface area contributed by atoms with E-state index in [1.807, 2.05) is 13.1 Å². The molecule has 1 saturated heterocycles. The fourth-order valence-electron chi connectivity index (χ4n) is 3.15. The number of rotatable bonds is 3. The Morgan fingerprint density at radius 1 is 1.24 bits per heavy atom. The molecule has 1 aliphatic heterocycles. The van der Waals surface area contributed by atoms with Gasteiger partial charge in [-0.25, -0.2) is 4.79 Å². The molecule has 7 nitrogen and oxygen atoms in total. The average molecular weight is 290 g/mol. The second-order valence-electron chi connectivity index (χ2n) is 5.79. The van der Waals surface area contributed by atoms with Crippen LogP contribution in [0.15, 0.2) is 12.4 Å². The minimum atomic E-state index is -1.02. The Morgan fingerprint density at radius 3 is 2.57 bits per heavy atom. The quantitative estimate of drug-likeness (QED) is 0.836. The van der Waals surface area contributed by atoms with Gasteiger partial charge < -0.3 is 0 Å². The van der Waals surface area contributed by atoms with E-state index in [4.69, 9.17) is 0 Å². The monoisotopic (exact) mass is 290 g/mol. The fraction of sp³-hybridized carbons (Fsp3) is 0.571. The first kappa shape index (κ1) is 13.8. The molecule has 1 N–H and O–H groups in total. The summed E-state index contributed by atoms with van der Waals surface area (Å²) >= 11 is 0. The number of amides is 4. The Bertz CT molecular complexity index is 601. The summed E-state index contributed by atoms with van der Waals surface area (Å²) in [6.07, 6.45) is 6.33. The number of carbonyl (C=O) groups excluding carboxylic acids is 3. The molecular formula is C14H18N4O3. The van der Waals surface area contributed by atoms with Gasteiger partial charge in [0.25, 0.3) is 0 Å². The van der Waals surface area contributed by atoms with E-state index < -0.39 is 17.4 Å². The van der Waals surface area contributed by atoms with Gasteiger partial charge in [0.05, 0.1) is 19.3 Å².